The van der Waals surface area contributed by atoms with Gasteiger partial charge in [-0.2, -0.15) is 5.10 Å². The monoisotopic (exact) mass is 478 g/mol. The summed E-state index contributed by atoms with van der Waals surface area (Å²) < 4.78 is 8.15. The fraction of sp³-hybridized carbons (Fsp3) is 0.450. The Morgan fingerprint density at radius 1 is 1.38 bits per heavy atom. The smallest absolute Gasteiger partial charge is 0.407 e. The van der Waals surface area contributed by atoms with Gasteiger partial charge in [-0.15, -0.1) is 0 Å². The number of halogens is 2. The molecule has 9 heteroatoms. The second-order valence-corrected chi connectivity index (χ2v) is 9.50. The van der Waals surface area contributed by atoms with E-state index in [1.165, 1.54) is 0 Å². The molecule has 3 aliphatic rings. The molecule has 1 unspecified atom stereocenters. The highest BCUT2D eigenvalue weighted by molar-refractivity contribution is 9.10. The molecule has 1 N–H and O–H groups in total. The van der Waals surface area contributed by atoms with Crippen molar-refractivity contribution in [3.05, 3.63) is 50.7 Å². The summed E-state index contributed by atoms with van der Waals surface area (Å²) in [6.45, 7) is 1.18. The number of ether oxygens (including phenoxy) is 1. The van der Waals surface area contributed by atoms with E-state index in [0.29, 0.717) is 30.5 Å². The first-order chi connectivity index (χ1) is 13.8. The number of fused-ring (bicyclic) bond motifs is 1. The molecule has 1 aromatic heterocycles. The number of hydrogen-bond acceptors (Lipinski definition) is 4. The lowest BCUT2D eigenvalue weighted by molar-refractivity contribution is -0.0555. The van der Waals surface area contributed by atoms with E-state index in [9.17, 15) is 9.59 Å². The summed E-state index contributed by atoms with van der Waals surface area (Å²) in [5.74, 6) is 0.340. The third-order valence-electron chi connectivity index (χ3n) is 6.28. The number of amides is 2. The normalized spacial score (nSPS) is 27.8. The summed E-state index contributed by atoms with van der Waals surface area (Å²) in [7, 11) is 1.86. The number of carbonyl (C=O) groups excluding carboxylic acids is 2. The number of hydrogen-bond donors (Lipinski definition) is 1. The van der Waals surface area contributed by atoms with Crippen LogP contribution in [-0.2, 0) is 18.2 Å². The van der Waals surface area contributed by atoms with Crippen molar-refractivity contribution in [2.45, 2.75) is 30.9 Å². The van der Waals surface area contributed by atoms with Gasteiger partial charge in [0.15, 0.2) is 0 Å². The van der Waals surface area contributed by atoms with Gasteiger partial charge in [-0.1, -0.05) is 27.5 Å². The average Bonchev–Trinajstić information content (AvgIpc) is 3.27. The van der Waals surface area contributed by atoms with Gasteiger partial charge in [0, 0.05) is 30.0 Å². The van der Waals surface area contributed by atoms with E-state index in [4.69, 9.17) is 16.3 Å². The Kier molecular flexibility index (Phi) is 4.40. The third kappa shape index (κ3) is 3.13. The zero-order valence-electron chi connectivity index (χ0n) is 15.8. The first-order valence-corrected chi connectivity index (χ1v) is 10.8. The van der Waals surface area contributed by atoms with Crippen LogP contribution < -0.4 is 5.32 Å². The van der Waals surface area contributed by atoms with Gasteiger partial charge in [-0.3, -0.25) is 9.48 Å². The quantitative estimate of drug-likeness (QED) is 0.729. The first kappa shape index (κ1) is 18.9. The summed E-state index contributed by atoms with van der Waals surface area (Å²) in [4.78, 5) is 26.6. The van der Waals surface area contributed by atoms with Crippen LogP contribution in [0.25, 0.3) is 0 Å². The number of aromatic nitrogens is 2. The highest BCUT2D eigenvalue weighted by atomic mass is 79.9. The molecule has 1 spiro atoms. The molecular weight excluding hydrogens is 460 g/mol. The predicted molar refractivity (Wildman–Crippen MR) is 110 cm³/mol. The van der Waals surface area contributed by atoms with Crippen LogP contribution in [0.5, 0.6) is 0 Å². The molecule has 1 saturated carbocycles. The molecule has 2 fully saturated rings. The Morgan fingerprint density at radius 3 is 2.83 bits per heavy atom. The number of nitrogens with zero attached hydrogens (tertiary/aromatic N) is 3. The second kappa shape index (κ2) is 6.74. The van der Waals surface area contributed by atoms with Crippen LogP contribution in [0.15, 0.2) is 28.9 Å². The van der Waals surface area contributed by atoms with Gasteiger partial charge in [0.2, 0.25) is 0 Å². The van der Waals surface area contributed by atoms with Crippen molar-refractivity contribution in [3.8, 4) is 0 Å². The van der Waals surface area contributed by atoms with Crippen molar-refractivity contribution < 1.29 is 14.3 Å². The minimum atomic E-state index is -0.388. The minimum absolute atomic E-state index is 0.0401. The number of rotatable bonds is 4. The molecule has 1 aromatic carbocycles. The zero-order valence-corrected chi connectivity index (χ0v) is 18.2. The molecule has 0 bridgehead atoms. The van der Waals surface area contributed by atoms with E-state index in [2.05, 4.69) is 26.3 Å². The van der Waals surface area contributed by atoms with Crippen molar-refractivity contribution in [2.75, 3.05) is 13.1 Å². The van der Waals surface area contributed by atoms with Crippen LogP contribution in [0.4, 0.5) is 4.79 Å². The van der Waals surface area contributed by atoms with E-state index in [-0.39, 0.29) is 23.6 Å². The van der Waals surface area contributed by atoms with Crippen molar-refractivity contribution in [2.24, 2.45) is 13.0 Å². The van der Waals surface area contributed by atoms with Gasteiger partial charge in [0.25, 0.3) is 5.91 Å². The van der Waals surface area contributed by atoms with Gasteiger partial charge < -0.3 is 15.0 Å². The van der Waals surface area contributed by atoms with Crippen LogP contribution in [0.1, 0.15) is 40.5 Å². The molecule has 1 saturated heterocycles. The minimum Gasteiger partial charge on any atom is -0.441 e. The van der Waals surface area contributed by atoms with Crippen LogP contribution in [0, 0.1) is 5.92 Å². The van der Waals surface area contributed by atoms with Crippen LogP contribution in [-0.4, -0.2) is 45.4 Å². The number of alkyl carbamates (subject to hydrolysis) is 1. The lowest BCUT2D eigenvalue weighted by Crippen LogP contribution is -2.51. The van der Waals surface area contributed by atoms with Gasteiger partial charge >= 0.3 is 6.09 Å². The molecular formula is C20H20BrClN4O3. The maximum atomic E-state index is 13.2. The maximum absolute atomic E-state index is 13.2. The zero-order chi connectivity index (χ0) is 20.3. The molecule has 152 valence electrons. The van der Waals surface area contributed by atoms with Crippen molar-refractivity contribution >= 4 is 39.5 Å². The predicted octanol–water partition coefficient (Wildman–Crippen LogP) is 3.46. The Balaban J connectivity index is 1.40. The van der Waals surface area contributed by atoms with Crippen LogP contribution >= 0.6 is 27.5 Å². The second-order valence-electron chi connectivity index (χ2n) is 8.17. The van der Waals surface area contributed by atoms with Gasteiger partial charge in [-0.25, -0.2) is 4.79 Å². The maximum Gasteiger partial charge on any atom is 0.407 e. The van der Waals surface area contributed by atoms with Crippen molar-refractivity contribution in [1.29, 1.82) is 0 Å². The Morgan fingerprint density at radius 2 is 2.17 bits per heavy atom. The standard InChI is InChI=1S/C20H20BrClN4O3/c1-25-17(15(22)8-24-25)5-16-14-4-12(21)2-3-13(14)18(27)26(16)9-11-6-20(7-11)10-23-19(28)29-20/h2-4,8,11,16H,5-7,9-10H2,1H3,(H,23,28). The van der Waals surface area contributed by atoms with Crippen molar-refractivity contribution in [3.63, 3.8) is 0 Å². The van der Waals surface area contributed by atoms with E-state index in [1.54, 1.807) is 10.9 Å². The molecule has 2 aromatic rings. The molecule has 1 aliphatic carbocycles. The van der Waals surface area contributed by atoms with Crippen LogP contribution in [0.2, 0.25) is 5.02 Å². The first-order valence-electron chi connectivity index (χ1n) is 9.59. The van der Waals surface area contributed by atoms with Gasteiger partial charge in [-0.05, 0) is 42.5 Å². The molecule has 0 radical (unpaired) electrons. The molecule has 2 amide bonds. The van der Waals surface area contributed by atoms with E-state index in [1.807, 2.05) is 30.1 Å². The Labute approximate surface area is 181 Å². The van der Waals surface area contributed by atoms with Crippen LogP contribution in [0.3, 0.4) is 0 Å². The van der Waals surface area contributed by atoms with E-state index >= 15 is 0 Å². The highest BCUT2D eigenvalue weighted by Crippen LogP contribution is 2.46. The fourth-order valence-corrected chi connectivity index (χ4v) is 5.50. The van der Waals surface area contributed by atoms with Gasteiger partial charge in [0.05, 0.1) is 29.5 Å². The molecule has 3 heterocycles. The fourth-order valence-electron chi connectivity index (χ4n) is 4.88. The van der Waals surface area contributed by atoms with E-state index < -0.39 is 0 Å². The summed E-state index contributed by atoms with van der Waals surface area (Å²) >= 11 is 9.89. The molecule has 1 atom stereocenters. The largest absolute Gasteiger partial charge is 0.441 e. The third-order valence-corrected chi connectivity index (χ3v) is 7.09. The number of aryl methyl sites for hydroxylation is 1. The topological polar surface area (TPSA) is 76.5 Å². The SMILES string of the molecule is Cn1ncc(Cl)c1CC1c2cc(Br)ccc2C(=O)N1CC1CC2(CNC(=O)O2)C1. The molecule has 2 aliphatic heterocycles. The van der Waals surface area contributed by atoms with Gasteiger partial charge in [0.1, 0.15) is 5.60 Å². The molecule has 5 rings (SSSR count). The summed E-state index contributed by atoms with van der Waals surface area (Å²) in [6, 6.07) is 5.69. The molecule has 29 heavy (non-hydrogen) atoms. The number of carbonyl (C=O) groups is 2. The van der Waals surface area contributed by atoms with E-state index in [0.717, 1.165) is 34.1 Å². The van der Waals surface area contributed by atoms with Crippen molar-refractivity contribution in [1.82, 2.24) is 20.0 Å². The number of benzene rings is 1. The highest BCUT2D eigenvalue weighted by Gasteiger charge is 2.52. The average molecular weight is 480 g/mol. The number of nitrogens with one attached hydrogen (secondary N) is 1. The molecule has 7 nitrogen and oxygen atoms in total. The lowest BCUT2D eigenvalue weighted by Gasteiger charge is -2.44. The Hall–Kier alpha value is -2.06. The summed E-state index contributed by atoms with van der Waals surface area (Å²) in [6.07, 6.45) is 3.43. The Bertz CT molecular complexity index is 998. The summed E-state index contributed by atoms with van der Waals surface area (Å²) in [5, 5.41) is 7.58. The lowest BCUT2D eigenvalue weighted by atomic mass is 9.70. The summed E-state index contributed by atoms with van der Waals surface area (Å²) in [5.41, 5.74) is 2.26.